The highest BCUT2D eigenvalue weighted by atomic mass is 32.1. The fourth-order valence-electron chi connectivity index (χ4n) is 3.53. The summed E-state index contributed by atoms with van der Waals surface area (Å²) in [7, 11) is 0. The van der Waals surface area contributed by atoms with Crippen LogP contribution in [-0.4, -0.2) is 64.7 Å². The molecular formula is C17H23F3N4O4S. The molecule has 1 amide bonds. The van der Waals surface area contributed by atoms with Crippen molar-refractivity contribution in [2.24, 2.45) is 5.92 Å². The summed E-state index contributed by atoms with van der Waals surface area (Å²) >= 11 is 1.62. The predicted octanol–water partition coefficient (Wildman–Crippen LogP) is 2.13. The van der Waals surface area contributed by atoms with E-state index in [1.807, 2.05) is 6.92 Å². The highest BCUT2D eigenvalue weighted by Gasteiger charge is 2.43. The molecule has 1 aromatic heterocycles. The Morgan fingerprint density at radius 3 is 2.48 bits per heavy atom. The number of amides is 1. The maximum Gasteiger partial charge on any atom is 0.490 e. The number of aliphatic carboxylic acids is 1. The first-order chi connectivity index (χ1) is 13.6. The summed E-state index contributed by atoms with van der Waals surface area (Å²) in [5.41, 5.74) is 0. The molecule has 2 saturated heterocycles. The van der Waals surface area contributed by atoms with E-state index in [0.717, 1.165) is 48.9 Å². The number of fused-ring (bicyclic) bond motifs is 1. The van der Waals surface area contributed by atoms with Gasteiger partial charge in [0.2, 0.25) is 11.0 Å². The third-order valence-electron chi connectivity index (χ3n) is 5.32. The maximum absolute atomic E-state index is 12.3. The van der Waals surface area contributed by atoms with Crippen molar-refractivity contribution in [3.8, 4) is 0 Å². The molecule has 1 saturated carbocycles. The number of carboxylic acids is 1. The molecule has 0 aromatic carbocycles. The van der Waals surface area contributed by atoms with E-state index in [-0.39, 0.29) is 18.1 Å². The molecule has 2 N–H and O–H groups in total. The van der Waals surface area contributed by atoms with Crippen LogP contribution in [0.4, 0.5) is 18.3 Å². The Labute approximate surface area is 169 Å². The molecule has 3 atom stereocenters. The highest BCUT2D eigenvalue weighted by molar-refractivity contribution is 7.15. The van der Waals surface area contributed by atoms with E-state index in [0.29, 0.717) is 12.0 Å². The lowest BCUT2D eigenvalue weighted by Gasteiger charge is -2.33. The highest BCUT2D eigenvalue weighted by Crippen LogP contribution is 2.36. The summed E-state index contributed by atoms with van der Waals surface area (Å²) in [6, 6.07) is 0.389. The molecule has 162 valence electrons. The maximum atomic E-state index is 12.3. The number of nitrogens with zero attached hydrogens (tertiary/aromatic N) is 3. The molecule has 3 fully saturated rings. The molecule has 29 heavy (non-hydrogen) atoms. The molecule has 1 aliphatic carbocycles. The lowest BCUT2D eigenvalue weighted by Crippen LogP contribution is -2.45. The molecule has 3 heterocycles. The van der Waals surface area contributed by atoms with Gasteiger partial charge in [-0.1, -0.05) is 11.3 Å². The van der Waals surface area contributed by atoms with Gasteiger partial charge in [-0.2, -0.15) is 13.2 Å². The van der Waals surface area contributed by atoms with Gasteiger partial charge >= 0.3 is 12.1 Å². The minimum Gasteiger partial charge on any atom is -0.475 e. The van der Waals surface area contributed by atoms with Gasteiger partial charge < -0.3 is 20.1 Å². The largest absolute Gasteiger partial charge is 0.490 e. The van der Waals surface area contributed by atoms with Crippen molar-refractivity contribution in [3.05, 3.63) is 5.01 Å². The number of hydrogen-bond acceptors (Lipinski definition) is 7. The average Bonchev–Trinajstić information content (AvgIpc) is 3.23. The smallest absolute Gasteiger partial charge is 0.475 e. The van der Waals surface area contributed by atoms with E-state index in [1.165, 1.54) is 6.42 Å². The van der Waals surface area contributed by atoms with Gasteiger partial charge in [0.1, 0.15) is 11.1 Å². The van der Waals surface area contributed by atoms with Crippen LogP contribution in [0.15, 0.2) is 0 Å². The number of carbonyl (C=O) groups is 2. The SMILES string of the molecule is Cc1nnc(N2CC[C@H]3C[C@@H](C(=O)NC4CCC4)O[C@@H]3C2)s1.O=C(O)C(F)(F)F. The Morgan fingerprint density at radius 2 is 1.97 bits per heavy atom. The molecule has 0 radical (unpaired) electrons. The van der Waals surface area contributed by atoms with E-state index in [2.05, 4.69) is 20.4 Å². The number of hydrogen-bond donors (Lipinski definition) is 2. The lowest BCUT2D eigenvalue weighted by molar-refractivity contribution is -0.192. The predicted molar refractivity (Wildman–Crippen MR) is 97.7 cm³/mol. The Hall–Kier alpha value is -1.95. The number of halogens is 3. The fraction of sp³-hybridized carbons (Fsp3) is 0.765. The first kappa shape index (κ1) is 21.8. The zero-order valence-corrected chi connectivity index (χ0v) is 16.6. The molecule has 0 unspecified atom stereocenters. The first-order valence-corrected chi connectivity index (χ1v) is 10.3. The van der Waals surface area contributed by atoms with Crippen LogP contribution in [0.3, 0.4) is 0 Å². The van der Waals surface area contributed by atoms with Crippen molar-refractivity contribution in [1.29, 1.82) is 0 Å². The molecule has 4 rings (SSSR count). The Kier molecular flexibility index (Phi) is 6.62. The molecule has 8 nitrogen and oxygen atoms in total. The molecule has 3 aliphatic rings. The summed E-state index contributed by atoms with van der Waals surface area (Å²) < 4.78 is 37.8. The molecule has 12 heteroatoms. The van der Waals surface area contributed by atoms with Crippen molar-refractivity contribution in [3.63, 3.8) is 0 Å². The summed E-state index contributed by atoms with van der Waals surface area (Å²) in [6.45, 7) is 3.78. The molecule has 0 bridgehead atoms. The Morgan fingerprint density at radius 1 is 1.28 bits per heavy atom. The van der Waals surface area contributed by atoms with Crippen LogP contribution in [-0.2, 0) is 14.3 Å². The third-order valence-corrected chi connectivity index (χ3v) is 6.22. The Balaban J connectivity index is 0.000000298. The minimum absolute atomic E-state index is 0.0948. The number of carboxylic acid groups (broad SMARTS) is 1. The van der Waals surface area contributed by atoms with E-state index < -0.39 is 12.1 Å². The third kappa shape index (κ3) is 5.56. The minimum atomic E-state index is -5.08. The van der Waals surface area contributed by atoms with E-state index in [4.69, 9.17) is 14.6 Å². The van der Waals surface area contributed by atoms with Crippen LogP contribution >= 0.6 is 11.3 Å². The fourth-order valence-corrected chi connectivity index (χ4v) is 4.26. The van der Waals surface area contributed by atoms with Gasteiger partial charge in [-0.05, 0) is 44.9 Å². The van der Waals surface area contributed by atoms with Crippen LogP contribution in [0.25, 0.3) is 0 Å². The number of ether oxygens (including phenoxy) is 1. The van der Waals surface area contributed by atoms with Gasteiger partial charge in [-0.3, -0.25) is 4.79 Å². The number of carbonyl (C=O) groups excluding carboxylic acids is 1. The standard InChI is InChI=1S/C15H22N4O2S.C2HF3O2/c1-9-17-18-15(22-9)19-6-5-10-7-12(21-13(10)8-19)14(20)16-11-3-2-4-11;3-2(4,5)1(6)7/h10-13H,2-8H2,1H3,(H,16,20);(H,6,7)/t10-,12-,13+;/m0./s1. The van der Waals surface area contributed by atoms with Crippen molar-refractivity contribution in [2.75, 3.05) is 18.0 Å². The summed E-state index contributed by atoms with van der Waals surface area (Å²) in [6.07, 6.45) is 0.216. The zero-order chi connectivity index (χ0) is 21.2. The number of aromatic nitrogens is 2. The van der Waals surface area contributed by atoms with E-state index in [9.17, 15) is 18.0 Å². The molecule has 1 aromatic rings. The lowest BCUT2D eigenvalue weighted by atomic mass is 9.91. The topological polar surface area (TPSA) is 105 Å². The second-order valence-electron chi connectivity index (χ2n) is 7.44. The second-order valence-corrected chi connectivity index (χ2v) is 8.60. The van der Waals surface area contributed by atoms with Crippen molar-refractivity contribution in [2.45, 2.75) is 63.5 Å². The van der Waals surface area contributed by atoms with E-state index >= 15 is 0 Å². The molecular weight excluding hydrogens is 413 g/mol. The zero-order valence-electron chi connectivity index (χ0n) is 15.8. The monoisotopic (exact) mass is 436 g/mol. The van der Waals surface area contributed by atoms with Gasteiger partial charge in [0.15, 0.2) is 0 Å². The number of alkyl halides is 3. The normalized spacial score (nSPS) is 26.8. The van der Waals surface area contributed by atoms with Gasteiger partial charge in [-0.15, -0.1) is 10.2 Å². The van der Waals surface area contributed by atoms with Crippen LogP contribution in [0.2, 0.25) is 0 Å². The number of aryl methyl sites for hydroxylation is 1. The number of rotatable bonds is 3. The first-order valence-electron chi connectivity index (χ1n) is 9.44. The van der Waals surface area contributed by atoms with Crippen molar-refractivity contribution in [1.82, 2.24) is 15.5 Å². The Bertz CT molecular complexity index is 741. The van der Waals surface area contributed by atoms with Crippen LogP contribution in [0.5, 0.6) is 0 Å². The number of piperidine rings is 1. The van der Waals surface area contributed by atoms with Crippen LogP contribution < -0.4 is 10.2 Å². The summed E-state index contributed by atoms with van der Waals surface area (Å²) in [5, 5.41) is 20.5. The summed E-state index contributed by atoms with van der Waals surface area (Å²) in [5.74, 6) is -2.16. The van der Waals surface area contributed by atoms with Gasteiger partial charge in [0, 0.05) is 19.1 Å². The van der Waals surface area contributed by atoms with Gasteiger partial charge in [0.05, 0.1) is 6.10 Å². The number of anilines is 1. The van der Waals surface area contributed by atoms with Gasteiger partial charge in [0.25, 0.3) is 0 Å². The van der Waals surface area contributed by atoms with Crippen LogP contribution in [0.1, 0.15) is 37.1 Å². The second kappa shape index (κ2) is 8.82. The van der Waals surface area contributed by atoms with Crippen molar-refractivity contribution < 1.29 is 32.6 Å². The molecule has 2 aliphatic heterocycles. The number of nitrogens with one attached hydrogen (secondary N) is 1. The molecule has 0 spiro atoms. The average molecular weight is 436 g/mol. The summed E-state index contributed by atoms with van der Waals surface area (Å²) in [4.78, 5) is 23.4. The quantitative estimate of drug-likeness (QED) is 0.748. The van der Waals surface area contributed by atoms with Crippen molar-refractivity contribution >= 4 is 28.3 Å². The van der Waals surface area contributed by atoms with Gasteiger partial charge in [-0.25, -0.2) is 4.79 Å². The van der Waals surface area contributed by atoms with E-state index in [1.54, 1.807) is 11.3 Å². The van der Waals surface area contributed by atoms with Crippen LogP contribution in [0, 0.1) is 12.8 Å².